The average Bonchev–Trinajstić information content (AvgIpc) is 2.55. The van der Waals surface area contributed by atoms with Crippen molar-refractivity contribution in [3.63, 3.8) is 0 Å². The number of ether oxygens (including phenoxy) is 2. The SMILES string of the molecule is COCCOC1CCN(c2nc3ccccc3nc2C)CC1. The van der Waals surface area contributed by atoms with Crippen molar-refractivity contribution >= 4 is 16.9 Å². The summed E-state index contributed by atoms with van der Waals surface area (Å²) >= 11 is 0. The van der Waals surface area contributed by atoms with Gasteiger partial charge in [-0.2, -0.15) is 0 Å². The first-order valence-electron chi connectivity index (χ1n) is 7.87. The second kappa shape index (κ2) is 7.03. The Morgan fingerprint density at radius 2 is 1.77 bits per heavy atom. The highest BCUT2D eigenvalue weighted by atomic mass is 16.5. The van der Waals surface area contributed by atoms with E-state index in [0.717, 1.165) is 48.5 Å². The number of rotatable bonds is 5. The third-order valence-corrected chi connectivity index (χ3v) is 4.10. The Bertz CT molecular complexity index is 624. The lowest BCUT2D eigenvalue weighted by molar-refractivity contribution is 0.00603. The molecule has 0 spiro atoms. The maximum absolute atomic E-state index is 5.82. The second-order valence-corrected chi connectivity index (χ2v) is 5.67. The molecule has 1 aromatic carbocycles. The smallest absolute Gasteiger partial charge is 0.150 e. The summed E-state index contributed by atoms with van der Waals surface area (Å²) in [5.41, 5.74) is 2.92. The fourth-order valence-corrected chi connectivity index (χ4v) is 2.91. The number of hydrogen-bond donors (Lipinski definition) is 0. The van der Waals surface area contributed by atoms with E-state index in [9.17, 15) is 0 Å². The zero-order valence-corrected chi connectivity index (χ0v) is 13.3. The molecule has 1 saturated heterocycles. The van der Waals surface area contributed by atoms with Crippen molar-refractivity contribution in [1.82, 2.24) is 9.97 Å². The van der Waals surface area contributed by atoms with Crippen molar-refractivity contribution in [3.8, 4) is 0 Å². The van der Waals surface area contributed by atoms with Crippen LogP contribution in [0.4, 0.5) is 5.82 Å². The lowest BCUT2D eigenvalue weighted by atomic mass is 10.1. The minimum absolute atomic E-state index is 0.333. The van der Waals surface area contributed by atoms with Gasteiger partial charge in [-0.1, -0.05) is 12.1 Å². The van der Waals surface area contributed by atoms with Crippen molar-refractivity contribution in [2.24, 2.45) is 0 Å². The van der Waals surface area contributed by atoms with Gasteiger partial charge < -0.3 is 14.4 Å². The number of hydrogen-bond acceptors (Lipinski definition) is 5. The number of piperidine rings is 1. The highest BCUT2D eigenvalue weighted by molar-refractivity contribution is 5.76. The molecule has 118 valence electrons. The molecule has 0 aliphatic carbocycles. The molecule has 0 radical (unpaired) electrons. The molecule has 0 atom stereocenters. The third kappa shape index (κ3) is 3.36. The normalized spacial score (nSPS) is 16.4. The molecular formula is C17H23N3O2. The third-order valence-electron chi connectivity index (χ3n) is 4.10. The van der Waals surface area contributed by atoms with E-state index in [1.165, 1.54) is 0 Å². The first-order valence-corrected chi connectivity index (χ1v) is 7.87. The summed E-state index contributed by atoms with van der Waals surface area (Å²) in [7, 11) is 1.70. The predicted octanol–water partition coefficient (Wildman–Crippen LogP) is 2.57. The molecule has 0 N–H and O–H groups in total. The summed E-state index contributed by atoms with van der Waals surface area (Å²) in [5.74, 6) is 1.01. The lowest BCUT2D eigenvalue weighted by Crippen LogP contribution is -2.38. The van der Waals surface area contributed by atoms with Crippen molar-refractivity contribution in [3.05, 3.63) is 30.0 Å². The van der Waals surface area contributed by atoms with Gasteiger partial charge >= 0.3 is 0 Å². The van der Waals surface area contributed by atoms with Gasteiger partial charge in [0.2, 0.25) is 0 Å². The Labute approximate surface area is 131 Å². The van der Waals surface area contributed by atoms with Crippen LogP contribution in [0, 0.1) is 6.92 Å². The molecule has 1 aromatic heterocycles. The Hall–Kier alpha value is -1.72. The van der Waals surface area contributed by atoms with Crippen LogP contribution in [0.2, 0.25) is 0 Å². The van der Waals surface area contributed by atoms with E-state index in [0.29, 0.717) is 19.3 Å². The fraction of sp³-hybridized carbons (Fsp3) is 0.529. The minimum Gasteiger partial charge on any atom is -0.382 e. The maximum Gasteiger partial charge on any atom is 0.150 e. The Morgan fingerprint density at radius 3 is 2.45 bits per heavy atom. The summed E-state index contributed by atoms with van der Waals surface area (Å²) in [6.07, 6.45) is 2.38. The van der Waals surface area contributed by atoms with Gasteiger partial charge in [0.05, 0.1) is 36.0 Å². The molecule has 1 aliphatic heterocycles. The number of benzene rings is 1. The maximum atomic E-state index is 5.82. The molecule has 3 rings (SSSR count). The molecular weight excluding hydrogens is 278 g/mol. The minimum atomic E-state index is 0.333. The van der Waals surface area contributed by atoms with Crippen molar-refractivity contribution in [2.75, 3.05) is 38.3 Å². The number of methoxy groups -OCH3 is 1. The summed E-state index contributed by atoms with van der Waals surface area (Å²) < 4.78 is 10.8. The van der Waals surface area contributed by atoms with E-state index in [1.807, 2.05) is 31.2 Å². The predicted molar refractivity (Wildman–Crippen MR) is 87.3 cm³/mol. The summed E-state index contributed by atoms with van der Waals surface area (Å²) in [5, 5.41) is 0. The molecule has 0 amide bonds. The molecule has 5 nitrogen and oxygen atoms in total. The van der Waals surface area contributed by atoms with Crippen LogP contribution in [0.5, 0.6) is 0 Å². The van der Waals surface area contributed by atoms with E-state index < -0.39 is 0 Å². The molecule has 0 saturated carbocycles. The van der Waals surface area contributed by atoms with Crippen LogP contribution in [-0.4, -0.2) is 49.5 Å². The van der Waals surface area contributed by atoms with E-state index in [-0.39, 0.29) is 0 Å². The zero-order valence-electron chi connectivity index (χ0n) is 13.3. The highest BCUT2D eigenvalue weighted by Crippen LogP contribution is 2.24. The first-order chi connectivity index (χ1) is 10.8. The van der Waals surface area contributed by atoms with Gasteiger partial charge in [-0.25, -0.2) is 9.97 Å². The van der Waals surface area contributed by atoms with E-state index >= 15 is 0 Å². The molecule has 0 bridgehead atoms. The van der Waals surface area contributed by atoms with Crippen molar-refractivity contribution in [1.29, 1.82) is 0 Å². The molecule has 1 aliphatic rings. The standard InChI is InChI=1S/C17H23N3O2/c1-13-17(19-16-6-4-3-5-15(16)18-13)20-9-7-14(8-10-20)22-12-11-21-2/h3-6,14H,7-12H2,1-2H3. The topological polar surface area (TPSA) is 47.5 Å². The van der Waals surface area contributed by atoms with Crippen molar-refractivity contribution < 1.29 is 9.47 Å². The van der Waals surface area contributed by atoms with Crippen LogP contribution in [0.15, 0.2) is 24.3 Å². The number of aryl methyl sites for hydroxylation is 1. The largest absolute Gasteiger partial charge is 0.382 e. The van der Waals surface area contributed by atoms with Crippen LogP contribution in [0.3, 0.4) is 0 Å². The van der Waals surface area contributed by atoms with Crippen LogP contribution in [0.25, 0.3) is 11.0 Å². The number of fused-ring (bicyclic) bond motifs is 1. The molecule has 22 heavy (non-hydrogen) atoms. The van der Waals surface area contributed by atoms with E-state index in [2.05, 4.69) is 9.88 Å². The van der Waals surface area contributed by atoms with Crippen LogP contribution >= 0.6 is 0 Å². The first kappa shape index (κ1) is 15.2. The van der Waals surface area contributed by atoms with Gasteiger partial charge in [0.15, 0.2) is 5.82 Å². The van der Waals surface area contributed by atoms with Gasteiger partial charge in [0.1, 0.15) is 0 Å². The molecule has 2 heterocycles. The summed E-state index contributed by atoms with van der Waals surface area (Å²) in [6, 6.07) is 8.03. The Balaban J connectivity index is 1.67. The zero-order chi connectivity index (χ0) is 15.4. The quantitative estimate of drug-likeness (QED) is 0.794. The summed E-state index contributed by atoms with van der Waals surface area (Å²) in [4.78, 5) is 11.8. The molecule has 1 fully saturated rings. The average molecular weight is 301 g/mol. The van der Waals surface area contributed by atoms with Gasteiger partial charge in [-0.3, -0.25) is 0 Å². The van der Waals surface area contributed by atoms with Gasteiger partial charge in [-0.05, 0) is 31.9 Å². The highest BCUT2D eigenvalue weighted by Gasteiger charge is 2.22. The van der Waals surface area contributed by atoms with Crippen molar-refractivity contribution in [2.45, 2.75) is 25.9 Å². The van der Waals surface area contributed by atoms with Crippen LogP contribution < -0.4 is 4.90 Å². The number of aromatic nitrogens is 2. The van der Waals surface area contributed by atoms with Gasteiger partial charge in [0, 0.05) is 20.2 Å². The van der Waals surface area contributed by atoms with Crippen LogP contribution in [0.1, 0.15) is 18.5 Å². The van der Waals surface area contributed by atoms with E-state index in [1.54, 1.807) is 7.11 Å². The fourth-order valence-electron chi connectivity index (χ4n) is 2.91. The number of para-hydroxylation sites is 2. The number of anilines is 1. The number of nitrogens with zero attached hydrogens (tertiary/aromatic N) is 3. The van der Waals surface area contributed by atoms with Crippen LogP contribution in [-0.2, 0) is 9.47 Å². The Morgan fingerprint density at radius 1 is 1.09 bits per heavy atom. The summed E-state index contributed by atoms with van der Waals surface area (Å²) in [6.45, 7) is 5.30. The lowest BCUT2D eigenvalue weighted by Gasteiger charge is -2.33. The molecule has 0 unspecified atom stereocenters. The monoisotopic (exact) mass is 301 g/mol. The second-order valence-electron chi connectivity index (χ2n) is 5.67. The molecule has 5 heteroatoms. The Kier molecular flexibility index (Phi) is 4.85. The van der Waals surface area contributed by atoms with Gasteiger partial charge in [-0.15, -0.1) is 0 Å². The van der Waals surface area contributed by atoms with Gasteiger partial charge in [0.25, 0.3) is 0 Å². The van der Waals surface area contributed by atoms with E-state index in [4.69, 9.17) is 14.5 Å². The molecule has 2 aromatic rings.